The number of aromatic nitrogens is 3. The van der Waals surface area contributed by atoms with Gasteiger partial charge in [0.1, 0.15) is 0 Å². The Kier molecular flexibility index (Phi) is 3.78. The second kappa shape index (κ2) is 5.88. The molecule has 4 nitrogen and oxygen atoms in total. The van der Waals surface area contributed by atoms with Gasteiger partial charge in [-0.3, -0.25) is 4.68 Å². The first kappa shape index (κ1) is 12.9. The number of para-hydroxylation sites is 1. The standard InChI is InChI=1S/C15H16N4S/c1-12(15-10-20-11-16-15)18-14-6-3-2-5-13(14)9-19-8-4-7-17-19/h2-8,10-12,18H,9H2,1H3. The molecule has 0 amide bonds. The van der Waals surface area contributed by atoms with Gasteiger partial charge in [0.05, 0.1) is 23.8 Å². The van der Waals surface area contributed by atoms with E-state index < -0.39 is 0 Å². The quantitative estimate of drug-likeness (QED) is 0.779. The molecule has 2 heterocycles. The van der Waals surface area contributed by atoms with Crippen LogP contribution in [0.2, 0.25) is 0 Å². The topological polar surface area (TPSA) is 42.7 Å². The minimum atomic E-state index is 0.194. The van der Waals surface area contributed by atoms with Crippen molar-refractivity contribution in [2.45, 2.75) is 19.5 Å². The Morgan fingerprint density at radius 3 is 2.95 bits per heavy atom. The number of nitrogens with zero attached hydrogens (tertiary/aromatic N) is 3. The number of hydrogen-bond acceptors (Lipinski definition) is 4. The van der Waals surface area contributed by atoms with Crippen LogP contribution in [0.4, 0.5) is 5.69 Å². The number of benzene rings is 1. The van der Waals surface area contributed by atoms with Crippen LogP contribution in [0, 0.1) is 0 Å². The van der Waals surface area contributed by atoms with Crippen molar-refractivity contribution in [1.29, 1.82) is 0 Å². The Morgan fingerprint density at radius 1 is 1.30 bits per heavy atom. The van der Waals surface area contributed by atoms with Crippen molar-refractivity contribution in [2.24, 2.45) is 0 Å². The van der Waals surface area contributed by atoms with E-state index in [2.05, 4.69) is 45.9 Å². The minimum absolute atomic E-state index is 0.194. The van der Waals surface area contributed by atoms with E-state index in [4.69, 9.17) is 0 Å². The van der Waals surface area contributed by atoms with Crippen LogP contribution in [0.15, 0.2) is 53.6 Å². The maximum absolute atomic E-state index is 4.36. The minimum Gasteiger partial charge on any atom is -0.377 e. The van der Waals surface area contributed by atoms with Gasteiger partial charge < -0.3 is 5.32 Å². The molecule has 0 fully saturated rings. The largest absolute Gasteiger partial charge is 0.377 e. The van der Waals surface area contributed by atoms with E-state index in [0.717, 1.165) is 17.9 Å². The molecule has 1 N–H and O–H groups in total. The molecule has 0 spiro atoms. The third-order valence-electron chi connectivity index (χ3n) is 3.18. The second-order valence-electron chi connectivity index (χ2n) is 4.64. The van der Waals surface area contributed by atoms with Gasteiger partial charge >= 0.3 is 0 Å². The van der Waals surface area contributed by atoms with Gasteiger partial charge in [0, 0.05) is 23.5 Å². The van der Waals surface area contributed by atoms with Crippen LogP contribution in [0.5, 0.6) is 0 Å². The monoisotopic (exact) mass is 284 g/mol. The maximum Gasteiger partial charge on any atom is 0.0795 e. The summed E-state index contributed by atoms with van der Waals surface area (Å²) in [6, 6.07) is 10.5. The zero-order valence-electron chi connectivity index (χ0n) is 11.2. The summed E-state index contributed by atoms with van der Waals surface area (Å²) < 4.78 is 1.92. The molecule has 0 radical (unpaired) electrons. The fourth-order valence-electron chi connectivity index (χ4n) is 2.11. The summed E-state index contributed by atoms with van der Waals surface area (Å²) in [6.07, 6.45) is 3.77. The van der Waals surface area contributed by atoms with Gasteiger partial charge in [-0.15, -0.1) is 11.3 Å². The molecule has 0 bridgehead atoms. The fourth-order valence-corrected chi connectivity index (χ4v) is 2.76. The predicted octanol–water partition coefficient (Wildman–Crippen LogP) is 3.56. The van der Waals surface area contributed by atoms with E-state index in [-0.39, 0.29) is 6.04 Å². The lowest BCUT2D eigenvalue weighted by atomic mass is 10.1. The molecule has 2 aromatic heterocycles. The lowest BCUT2D eigenvalue weighted by Crippen LogP contribution is -2.10. The van der Waals surface area contributed by atoms with Crippen molar-refractivity contribution in [1.82, 2.24) is 14.8 Å². The van der Waals surface area contributed by atoms with Gasteiger partial charge in [0.25, 0.3) is 0 Å². The molecular formula is C15H16N4S. The Balaban J connectivity index is 1.79. The summed E-state index contributed by atoms with van der Waals surface area (Å²) in [4.78, 5) is 4.36. The lowest BCUT2D eigenvalue weighted by Gasteiger charge is -2.16. The highest BCUT2D eigenvalue weighted by atomic mass is 32.1. The van der Waals surface area contributed by atoms with Gasteiger partial charge in [-0.05, 0) is 24.6 Å². The summed E-state index contributed by atoms with van der Waals surface area (Å²) >= 11 is 1.62. The van der Waals surface area contributed by atoms with Gasteiger partial charge in [-0.1, -0.05) is 18.2 Å². The molecule has 0 saturated heterocycles. The molecule has 0 aliphatic heterocycles. The third kappa shape index (κ3) is 2.88. The first-order valence-electron chi connectivity index (χ1n) is 6.53. The van der Waals surface area contributed by atoms with Crippen LogP contribution in [0.1, 0.15) is 24.2 Å². The van der Waals surface area contributed by atoms with Crippen molar-refractivity contribution in [3.05, 3.63) is 64.9 Å². The zero-order chi connectivity index (χ0) is 13.8. The number of hydrogen-bond donors (Lipinski definition) is 1. The molecule has 0 saturated carbocycles. The van der Waals surface area contributed by atoms with Gasteiger partial charge in [-0.2, -0.15) is 5.10 Å². The number of nitrogens with one attached hydrogen (secondary N) is 1. The Bertz CT molecular complexity index is 646. The molecule has 5 heteroatoms. The fraction of sp³-hybridized carbons (Fsp3) is 0.200. The Morgan fingerprint density at radius 2 is 2.20 bits per heavy atom. The SMILES string of the molecule is CC(Nc1ccccc1Cn1cccn1)c1cscn1. The number of thiazole rings is 1. The molecule has 1 unspecified atom stereocenters. The first-order valence-corrected chi connectivity index (χ1v) is 7.47. The third-order valence-corrected chi connectivity index (χ3v) is 3.78. The van der Waals surface area contributed by atoms with Crippen LogP contribution >= 0.6 is 11.3 Å². The summed E-state index contributed by atoms with van der Waals surface area (Å²) in [7, 11) is 0. The summed E-state index contributed by atoms with van der Waals surface area (Å²) in [5, 5.41) is 9.87. The Hall–Kier alpha value is -2.14. The van der Waals surface area contributed by atoms with Crippen molar-refractivity contribution >= 4 is 17.0 Å². The average molecular weight is 284 g/mol. The summed E-state index contributed by atoms with van der Waals surface area (Å²) in [6.45, 7) is 2.89. The van der Waals surface area contributed by atoms with E-state index in [9.17, 15) is 0 Å². The smallest absolute Gasteiger partial charge is 0.0795 e. The highest BCUT2D eigenvalue weighted by Crippen LogP contribution is 2.22. The van der Waals surface area contributed by atoms with Gasteiger partial charge in [0.15, 0.2) is 0 Å². The predicted molar refractivity (Wildman–Crippen MR) is 81.9 cm³/mol. The van der Waals surface area contributed by atoms with E-state index in [1.807, 2.05) is 28.5 Å². The normalized spacial score (nSPS) is 12.2. The van der Waals surface area contributed by atoms with Gasteiger partial charge in [0.2, 0.25) is 0 Å². The molecule has 20 heavy (non-hydrogen) atoms. The molecule has 102 valence electrons. The molecule has 1 aromatic carbocycles. The van der Waals surface area contributed by atoms with E-state index in [0.29, 0.717) is 0 Å². The molecule has 0 aliphatic rings. The summed E-state index contributed by atoms with van der Waals surface area (Å²) in [5.41, 5.74) is 5.29. The second-order valence-corrected chi connectivity index (χ2v) is 5.36. The number of rotatable bonds is 5. The molecule has 1 atom stereocenters. The molecule has 3 aromatic rings. The van der Waals surface area contributed by atoms with Crippen LogP contribution in [0.25, 0.3) is 0 Å². The van der Waals surface area contributed by atoms with E-state index >= 15 is 0 Å². The molecule has 3 rings (SSSR count). The summed E-state index contributed by atoms with van der Waals surface area (Å²) in [5.74, 6) is 0. The van der Waals surface area contributed by atoms with E-state index in [1.54, 1.807) is 17.5 Å². The van der Waals surface area contributed by atoms with Crippen LogP contribution in [0.3, 0.4) is 0 Å². The van der Waals surface area contributed by atoms with Crippen molar-refractivity contribution in [2.75, 3.05) is 5.32 Å². The highest BCUT2D eigenvalue weighted by Gasteiger charge is 2.10. The van der Waals surface area contributed by atoms with E-state index in [1.165, 1.54) is 5.56 Å². The van der Waals surface area contributed by atoms with Crippen LogP contribution in [-0.2, 0) is 6.54 Å². The van der Waals surface area contributed by atoms with Crippen molar-refractivity contribution in [3.8, 4) is 0 Å². The van der Waals surface area contributed by atoms with Crippen molar-refractivity contribution < 1.29 is 0 Å². The van der Waals surface area contributed by atoms with Crippen molar-refractivity contribution in [3.63, 3.8) is 0 Å². The molecular weight excluding hydrogens is 268 g/mol. The highest BCUT2D eigenvalue weighted by molar-refractivity contribution is 7.07. The van der Waals surface area contributed by atoms with Crippen LogP contribution < -0.4 is 5.32 Å². The molecule has 0 aliphatic carbocycles. The first-order chi connectivity index (χ1) is 9.83. The van der Waals surface area contributed by atoms with Crippen LogP contribution in [-0.4, -0.2) is 14.8 Å². The lowest BCUT2D eigenvalue weighted by molar-refractivity contribution is 0.686. The Labute approximate surface area is 122 Å². The zero-order valence-corrected chi connectivity index (χ0v) is 12.0. The maximum atomic E-state index is 4.36. The van der Waals surface area contributed by atoms with Gasteiger partial charge in [-0.25, -0.2) is 4.98 Å². The number of anilines is 1. The average Bonchev–Trinajstić information content (AvgIpc) is 3.13.